The fraction of sp³-hybridized carbons (Fsp3) is 0.929. The van der Waals surface area contributed by atoms with Crippen molar-refractivity contribution in [1.29, 1.82) is 0 Å². The fourth-order valence-electron chi connectivity index (χ4n) is 2.87. The molecule has 18 heavy (non-hydrogen) atoms. The summed E-state index contributed by atoms with van der Waals surface area (Å²) in [5, 5.41) is 14.6. The van der Waals surface area contributed by atoms with Crippen LogP contribution in [0.1, 0.15) is 46.5 Å². The van der Waals surface area contributed by atoms with Gasteiger partial charge in [0, 0.05) is 19.2 Å². The smallest absolute Gasteiger partial charge is 0.315 e. The van der Waals surface area contributed by atoms with E-state index in [1.165, 1.54) is 12.8 Å². The molecular formula is C14H28N2O2. The third-order valence-electron chi connectivity index (χ3n) is 3.96. The Hall–Kier alpha value is -0.770. The first-order valence-electron chi connectivity index (χ1n) is 7.19. The van der Waals surface area contributed by atoms with Crippen molar-refractivity contribution in [3.63, 3.8) is 0 Å². The van der Waals surface area contributed by atoms with Gasteiger partial charge in [-0.25, -0.2) is 4.79 Å². The molecule has 0 saturated heterocycles. The van der Waals surface area contributed by atoms with Crippen LogP contribution in [-0.2, 0) is 0 Å². The van der Waals surface area contributed by atoms with Crippen molar-refractivity contribution in [2.75, 3.05) is 13.2 Å². The van der Waals surface area contributed by atoms with Crippen molar-refractivity contribution in [3.8, 4) is 0 Å². The van der Waals surface area contributed by atoms with Crippen LogP contribution in [0.15, 0.2) is 0 Å². The quantitative estimate of drug-likeness (QED) is 0.660. The van der Waals surface area contributed by atoms with Crippen LogP contribution < -0.4 is 10.6 Å². The molecule has 1 rings (SSSR count). The number of aliphatic hydroxyl groups is 1. The molecule has 4 heteroatoms. The molecule has 0 radical (unpaired) electrons. The molecule has 1 aliphatic carbocycles. The Morgan fingerprint density at radius 1 is 1.39 bits per heavy atom. The van der Waals surface area contributed by atoms with E-state index in [2.05, 4.69) is 31.4 Å². The second-order valence-corrected chi connectivity index (χ2v) is 5.91. The monoisotopic (exact) mass is 256 g/mol. The van der Waals surface area contributed by atoms with Gasteiger partial charge in [-0.2, -0.15) is 0 Å². The van der Waals surface area contributed by atoms with Gasteiger partial charge in [0.05, 0.1) is 0 Å². The average Bonchev–Trinajstić information content (AvgIpc) is 2.29. The van der Waals surface area contributed by atoms with E-state index in [0.717, 1.165) is 6.42 Å². The summed E-state index contributed by atoms with van der Waals surface area (Å²) < 4.78 is 0. The molecule has 106 valence electrons. The molecule has 0 aromatic heterocycles. The largest absolute Gasteiger partial charge is 0.396 e. The lowest BCUT2D eigenvalue weighted by Gasteiger charge is -2.37. The highest BCUT2D eigenvalue weighted by Crippen LogP contribution is 2.33. The summed E-state index contributed by atoms with van der Waals surface area (Å²) in [4.78, 5) is 11.8. The van der Waals surface area contributed by atoms with Gasteiger partial charge in [0.2, 0.25) is 0 Å². The van der Waals surface area contributed by atoms with Crippen molar-refractivity contribution in [3.05, 3.63) is 0 Å². The first-order valence-corrected chi connectivity index (χ1v) is 7.19. The molecule has 2 amide bonds. The van der Waals surface area contributed by atoms with Gasteiger partial charge in [-0.15, -0.1) is 0 Å². The van der Waals surface area contributed by atoms with Crippen molar-refractivity contribution < 1.29 is 9.90 Å². The fourth-order valence-corrected chi connectivity index (χ4v) is 2.87. The molecule has 3 atom stereocenters. The van der Waals surface area contributed by atoms with Gasteiger partial charge in [-0.1, -0.05) is 27.2 Å². The lowest BCUT2D eigenvalue weighted by atomic mass is 9.74. The molecule has 4 nitrogen and oxygen atoms in total. The summed E-state index contributed by atoms with van der Waals surface area (Å²) in [7, 11) is 0. The first-order chi connectivity index (χ1) is 8.54. The minimum absolute atomic E-state index is 0.0896. The maximum Gasteiger partial charge on any atom is 0.315 e. The molecule has 0 unspecified atom stereocenters. The van der Waals surface area contributed by atoms with E-state index in [1.54, 1.807) is 0 Å². The van der Waals surface area contributed by atoms with E-state index < -0.39 is 0 Å². The summed E-state index contributed by atoms with van der Waals surface area (Å²) in [6.45, 7) is 7.39. The summed E-state index contributed by atoms with van der Waals surface area (Å²) in [5.41, 5.74) is 0. The third-order valence-corrected chi connectivity index (χ3v) is 3.96. The minimum atomic E-state index is -0.0896. The van der Waals surface area contributed by atoms with Gasteiger partial charge in [0.15, 0.2) is 0 Å². The zero-order valence-corrected chi connectivity index (χ0v) is 11.9. The zero-order valence-electron chi connectivity index (χ0n) is 11.9. The minimum Gasteiger partial charge on any atom is -0.396 e. The SMILES string of the molecule is CC(C)[C@H]1CC[C@H](C)C[C@H]1NC(=O)NCCCO. The first kappa shape index (κ1) is 15.3. The number of urea groups is 1. The molecular weight excluding hydrogens is 228 g/mol. The number of aliphatic hydroxyl groups excluding tert-OH is 1. The van der Waals surface area contributed by atoms with Crippen LogP contribution in [0.2, 0.25) is 0 Å². The number of hydrogen-bond acceptors (Lipinski definition) is 2. The molecule has 0 aliphatic heterocycles. The van der Waals surface area contributed by atoms with Crippen LogP contribution in [0.4, 0.5) is 4.79 Å². The Morgan fingerprint density at radius 3 is 2.72 bits per heavy atom. The maximum atomic E-state index is 11.8. The summed E-state index contributed by atoms with van der Waals surface area (Å²) in [5.74, 6) is 1.90. The molecule has 1 fully saturated rings. The molecule has 0 aromatic rings. The molecule has 0 aromatic carbocycles. The highest BCUT2D eigenvalue weighted by atomic mass is 16.3. The third kappa shape index (κ3) is 4.84. The van der Waals surface area contributed by atoms with E-state index >= 15 is 0 Å². The number of nitrogens with one attached hydrogen (secondary N) is 2. The summed E-state index contributed by atoms with van der Waals surface area (Å²) in [6.07, 6.45) is 4.17. The van der Waals surface area contributed by atoms with Crippen LogP contribution >= 0.6 is 0 Å². The Morgan fingerprint density at radius 2 is 2.11 bits per heavy atom. The molecule has 1 saturated carbocycles. The van der Waals surface area contributed by atoms with Gasteiger partial charge in [0.25, 0.3) is 0 Å². The predicted octanol–water partition coefficient (Wildman–Crippen LogP) is 2.13. The average molecular weight is 256 g/mol. The molecule has 0 bridgehead atoms. The van der Waals surface area contributed by atoms with Crippen LogP contribution in [0.25, 0.3) is 0 Å². The number of carbonyl (C=O) groups is 1. The van der Waals surface area contributed by atoms with Crippen molar-refractivity contribution >= 4 is 6.03 Å². The second kappa shape index (κ2) is 7.62. The Kier molecular flexibility index (Phi) is 6.47. The lowest BCUT2D eigenvalue weighted by Crippen LogP contribution is -2.49. The van der Waals surface area contributed by atoms with E-state index in [1.807, 2.05) is 0 Å². The number of carbonyl (C=O) groups excluding carboxylic acids is 1. The summed E-state index contributed by atoms with van der Waals surface area (Å²) >= 11 is 0. The van der Waals surface area contributed by atoms with Gasteiger partial charge in [-0.3, -0.25) is 0 Å². The van der Waals surface area contributed by atoms with E-state index in [4.69, 9.17) is 5.11 Å². The van der Waals surface area contributed by atoms with Crippen molar-refractivity contribution in [2.45, 2.75) is 52.5 Å². The maximum absolute atomic E-state index is 11.8. The van der Waals surface area contributed by atoms with Crippen LogP contribution in [-0.4, -0.2) is 30.3 Å². The predicted molar refractivity (Wildman–Crippen MR) is 73.4 cm³/mol. The zero-order chi connectivity index (χ0) is 13.5. The van der Waals surface area contributed by atoms with Crippen LogP contribution in [0.5, 0.6) is 0 Å². The number of hydrogen-bond donors (Lipinski definition) is 3. The summed E-state index contributed by atoms with van der Waals surface area (Å²) in [6, 6.07) is 0.205. The highest BCUT2D eigenvalue weighted by molar-refractivity contribution is 5.74. The Bertz CT molecular complexity index is 256. The highest BCUT2D eigenvalue weighted by Gasteiger charge is 2.31. The van der Waals surface area contributed by atoms with Gasteiger partial charge in [-0.05, 0) is 37.0 Å². The second-order valence-electron chi connectivity index (χ2n) is 5.91. The standard InChI is InChI=1S/C14H28N2O2/c1-10(2)12-6-5-11(3)9-13(12)16-14(18)15-7-4-8-17/h10-13,17H,4-9H2,1-3H3,(H2,15,16,18)/t11-,12+,13+/m0/s1. The van der Waals surface area contributed by atoms with Crippen molar-refractivity contribution in [2.24, 2.45) is 17.8 Å². The van der Waals surface area contributed by atoms with Gasteiger partial charge < -0.3 is 15.7 Å². The molecule has 0 heterocycles. The van der Waals surface area contributed by atoms with Crippen LogP contribution in [0.3, 0.4) is 0 Å². The van der Waals surface area contributed by atoms with Gasteiger partial charge in [0.1, 0.15) is 0 Å². The van der Waals surface area contributed by atoms with Crippen LogP contribution in [0, 0.1) is 17.8 Å². The van der Waals surface area contributed by atoms with E-state index in [0.29, 0.717) is 36.8 Å². The van der Waals surface area contributed by atoms with E-state index in [9.17, 15) is 4.79 Å². The number of rotatable bonds is 5. The van der Waals surface area contributed by atoms with Gasteiger partial charge >= 0.3 is 6.03 Å². The lowest BCUT2D eigenvalue weighted by molar-refractivity contribution is 0.168. The number of amides is 2. The van der Waals surface area contributed by atoms with Crippen molar-refractivity contribution in [1.82, 2.24) is 10.6 Å². The molecule has 3 N–H and O–H groups in total. The topological polar surface area (TPSA) is 61.4 Å². The normalized spacial score (nSPS) is 28.2. The van der Waals surface area contributed by atoms with E-state index in [-0.39, 0.29) is 12.6 Å². The molecule has 0 spiro atoms. The Labute approximate surface area is 111 Å². The molecule has 1 aliphatic rings. The Balaban J connectivity index is 2.42.